The van der Waals surface area contributed by atoms with E-state index in [0.717, 1.165) is 18.5 Å². The number of hydrogen-bond donors (Lipinski definition) is 1. The molecule has 5 nitrogen and oxygen atoms in total. The summed E-state index contributed by atoms with van der Waals surface area (Å²) in [5.74, 6) is 2.82. The molecule has 1 N–H and O–H groups in total. The van der Waals surface area contributed by atoms with E-state index >= 15 is 0 Å². The normalized spacial score (nSPS) is 10.0. The number of unbranched alkanes of at least 4 members (excludes halogenated alkanes) is 1. The Morgan fingerprint density at radius 2 is 2.30 bits per heavy atom. The minimum absolute atomic E-state index is 0.00931. The Bertz CT molecular complexity index is 480. The van der Waals surface area contributed by atoms with Crippen LogP contribution < -0.4 is 10.1 Å². The molecular formula is C15H20N2O3. The molecule has 0 radical (unpaired) electrons. The Morgan fingerprint density at radius 3 is 2.95 bits per heavy atom. The van der Waals surface area contributed by atoms with Crippen LogP contribution in [0.2, 0.25) is 0 Å². The first-order valence-corrected chi connectivity index (χ1v) is 6.73. The fourth-order valence-electron chi connectivity index (χ4n) is 1.70. The van der Waals surface area contributed by atoms with Crippen LogP contribution in [-0.4, -0.2) is 18.1 Å². The lowest BCUT2D eigenvalue weighted by Gasteiger charge is -2.09. The van der Waals surface area contributed by atoms with Crippen LogP contribution in [0.1, 0.15) is 31.7 Å². The molecule has 0 aliphatic carbocycles. The van der Waals surface area contributed by atoms with Gasteiger partial charge in [-0.25, -0.2) is 0 Å². The van der Waals surface area contributed by atoms with Crippen LogP contribution in [0.25, 0.3) is 0 Å². The van der Waals surface area contributed by atoms with E-state index in [1.807, 2.05) is 0 Å². The maximum absolute atomic E-state index is 11.0. The lowest BCUT2D eigenvalue weighted by Crippen LogP contribution is -2.14. The van der Waals surface area contributed by atoms with Crippen LogP contribution in [-0.2, 0) is 6.54 Å². The molecule has 0 atom stereocenters. The highest BCUT2D eigenvalue weighted by Gasteiger charge is 2.15. The van der Waals surface area contributed by atoms with Crippen molar-refractivity contribution in [2.24, 2.45) is 0 Å². The van der Waals surface area contributed by atoms with E-state index in [4.69, 9.17) is 11.2 Å². The van der Waals surface area contributed by atoms with E-state index in [9.17, 15) is 10.1 Å². The largest absolute Gasteiger partial charge is 0.487 e. The zero-order chi connectivity index (χ0) is 14.8. The molecule has 1 aromatic rings. The van der Waals surface area contributed by atoms with Gasteiger partial charge >= 0.3 is 5.69 Å². The van der Waals surface area contributed by atoms with Gasteiger partial charge in [0.15, 0.2) is 5.75 Å². The first kappa shape index (κ1) is 16.0. The molecule has 0 fully saturated rings. The average molecular weight is 276 g/mol. The van der Waals surface area contributed by atoms with Gasteiger partial charge in [-0.3, -0.25) is 10.1 Å². The molecule has 1 rings (SSSR count). The predicted octanol–water partition coefficient (Wildman–Crippen LogP) is 2.89. The van der Waals surface area contributed by atoms with Crippen molar-refractivity contribution in [1.29, 1.82) is 0 Å². The summed E-state index contributed by atoms with van der Waals surface area (Å²) in [4.78, 5) is 10.5. The first-order valence-electron chi connectivity index (χ1n) is 6.73. The van der Waals surface area contributed by atoms with Crippen molar-refractivity contribution in [3.63, 3.8) is 0 Å². The number of rotatable bonds is 9. The van der Waals surface area contributed by atoms with E-state index in [0.29, 0.717) is 31.7 Å². The van der Waals surface area contributed by atoms with E-state index < -0.39 is 4.92 Å². The van der Waals surface area contributed by atoms with Crippen molar-refractivity contribution in [3.05, 3.63) is 33.9 Å². The third kappa shape index (κ3) is 5.29. The minimum atomic E-state index is -0.431. The molecule has 20 heavy (non-hydrogen) atoms. The Balaban J connectivity index is 2.72. The van der Waals surface area contributed by atoms with Gasteiger partial charge in [0.05, 0.1) is 11.5 Å². The van der Waals surface area contributed by atoms with Gasteiger partial charge in [-0.1, -0.05) is 13.0 Å². The summed E-state index contributed by atoms with van der Waals surface area (Å²) in [6.45, 7) is 4.06. The first-order chi connectivity index (χ1) is 9.69. The van der Waals surface area contributed by atoms with E-state index in [-0.39, 0.29) is 5.69 Å². The van der Waals surface area contributed by atoms with E-state index in [2.05, 4.69) is 18.2 Å². The number of nitrogens with one attached hydrogen (secondary N) is 1. The summed E-state index contributed by atoms with van der Waals surface area (Å²) in [6.07, 6.45) is 7.49. The number of nitro benzene ring substituents is 1. The average Bonchev–Trinajstić information content (AvgIpc) is 2.44. The number of nitro groups is 1. The Hall–Kier alpha value is -2.06. The highest BCUT2D eigenvalue weighted by Crippen LogP contribution is 2.28. The topological polar surface area (TPSA) is 64.4 Å². The summed E-state index contributed by atoms with van der Waals surface area (Å²) in [5.41, 5.74) is 0.959. The lowest BCUT2D eigenvalue weighted by atomic mass is 10.2. The Labute approximate surface area is 119 Å². The molecular weight excluding hydrogens is 256 g/mol. The van der Waals surface area contributed by atoms with Crippen LogP contribution in [0.5, 0.6) is 5.75 Å². The van der Waals surface area contributed by atoms with Crippen molar-refractivity contribution in [2.45, 2.75) is 32.7 Å². The van der Waals surface area contributed by atoms with Crippen LogP contribution in [0, 0.1) is 22.5 Å². The van der Waals surface area contributed by atoms with Crippen molar-refractivity contribution in [1.82, 2.24) is 5.32 Å². The van der Waals surface area contributed by atoms with Gasteiger partial charge in [0, 0.05) is 19.0 Å². The minimum Gasteiger partial charge on any atom is -0.487 e. The molecule has 0 aliphatic rings. The third-order valence-corrected chi connectivity index (χ3v) is 2.70. The molecule has 0 saturated heterocycles. The second-order valence-electron chi connectivity index (χ2n) is 4.39. The monoisotopic (exact) mass is 276 g/mol. The number of hydrogen-bond acceptors (Lipinski definition) is 4. The Morgan fingerprint density at radius 1 is 1.50 bits per heavy atom. The zero-order valence-electron chi connectivity index (χ0n) is 11.7. The molecule has 0 saturated carbocycles. The smallest absolute Gasteiger partial charge is 0.310 e. The van der Waals surface area contributed by atoms with Crippen molar-refractivity contribution in [2.75, 3.05) is 13.2 Å². The van der Waals surface area contributed by atoms with Crippen LogP contribution >= 0.6 is 0 Å². The van der Waals surface area contributed by atoms with Crippen molar-refractivity contribution < 1.29 is 9.66 Å². The maximum atomic E-state index is 11.0. The Kier molecular flexibility index (Phi) is 7.15. The third-order valence-electron chi connectivity index (χ3n) is 2.70. The SMILES string of the molecule is C#CCCCOc1cc(CNCCC)ccc1[N+](=O)[O-]. The predicted molar refractivity (Wildman–Crippen MR) is 78.7 cm³/mol. The zero-order valence-corrected chi connectivity index (χ0v) is 11.7. The fourth-order valence-corrected chi connectivity index (χ4v) is 1.70. The second-order valence-corrected chi connectivity index (χ2v) is 4.39. The summed E-state index contributed by atoms with van der Waals surface area (Å²) < 4.78 is 5.48. The van der Waals surface area contributed by atoms with Gasteiger partial charge in [-0.2, -0.15) is 0 Å². The van der Waals surface area contributed by atoms with E-state index in [1.165, 1.54) is 6.07 Å². The van der Waals surface area contributed by atoms with E-state index in [1.54, 1.807) is 12.1 Å². The summed E-state index contributed by atoms with van der Waals surface area (Å²) >= 11 is 0. The molecule has 5 heteroatoms. The second kappa shape index (κ2) is 8.94. The van der Waals surface area contributed by atoms with Gasteiger partial charge in [-0.15, -0.1) is 12.3 Å². The summed E-state index contributed by atoms with van der Waals surface area (Å²) in [6, 6.07) is 4.95. The molecule has 0 amide bonds. The number of benzene rings is 1. The molecule has 0 spiro atoms. The van der Waals surface area contributed by atoms with Gasteiger partial charge in [0.1, 0.15) is 0 Å². The molecule has 108 valence electrons. The van der Waals surface area contributed by atoms with Crippen LogP contribution in [0.3, 0.4) is 0 Å². The molecule has 0 unspecified atom stereocenters. The molecule has 0 aromatic heterocycles. The van der Waals surface area contributed by atoms with Gasteiger partial charge < -0.3 is 10.1 Å². The van der Waals surface area contributed by atoms with Gasteiger partial charge in [-0.05, 0) is 31.0 Å². The maximum Gasteiger partial charge on any atom is 0.310 e. The quantitative estimate of drug-likeness (QED) is 0.326. The molecule has 0 aliphatic heterocycles. The molecule has 0 bridgehead atoms. The van der Waals surface area contributed by atoms with Crippen LogP contribution in [0.4, 0.5) is 5.69 Å². The van der Waals surface area contributed by atoms with Gasteiger partial charge in [0.2, 0.25) is 0 Å². The number of nitrogens with zero attached hydrogens (tertiary/aromatic N) is 1. The number of ether oxygens (including phenoxy) is 1. The fraction of sp³-hybridized carbons (Fsp3) is 0.467. The summed E-state index contributed by atoms with van der Waals surface area (Å²) in [7, 11) is 0. The molecule has 1 aromatic carbocycles. The highest BCUT2D eigenvalue weighted by molar-refractivity contribution is 5.48. The lowest BCUT2D eigenvalue weighted by molar-refractivity contribution is -0.385. The van der Waals surface area contributed by atoms with Gasteiger partial charge in [0.25, 0.3) is 0 Å². The van der Waals surface area contributed by atoms with Crippen molar-refractivity contribution in [3.8, 4) is 18.1 Å². The standard InChI is InChI=1S/C15H20N2O3/c1-3-5-6-10-20-15-11-13(12-16-9-4-2)7-8-14(15)17(18)19/h1,7-8,11,16H,4-6,9-10,12H2,2H3. The van der Waals surface area contributed by atoms with Crippen molar-refractivity contribution >= 4 is 5.69 Å². The number of terminal acetylenes is 1. The summed E-state index contributed by atoms with van der Waals surface area (Å²) in [5, 5.41) is 14.2. The highest BCUT2D eigenvalue weighted by atomic mass is 16.6. The van der Waals surface area contributed by atoms with Crippen LogP contribution in [0.15, 0.2) is 18.2 Å². The molecule has 0 heterocycles.